The van der Waals surface area contributed by atoms with Crippen molar-refractivity contribution in [2.24, 2.45) is 5.73 Å². The summed E-state index contributed by atoms with van der Waals surface area (Å²) in [5.41, 5.74) is 6.03. The van der Waals surface area contributed by atoms with Crippen molar-refractivity contribution in [1.29, 1.82) is 0 Å². The molecule has 0 aliphatic carbocycles. The molecule has 15 heavy (non-hydrogen) atoms. The van der Waals surface area contributed by atoms with Gasteiger partial charge in [0.05, 0.1) is 26.5 Å². The van der Waals surface area contributed by atoms with E-state index >= 15 is 0 Å². The quantitative estimate of drug-likeness (QED) is 0.742. The summed E-state index contributed by atoms with van der Waals surface area (Å²) in [4.78, 5) is 3.98. The predicted octanol–water partition coefficient (Wildman–Crippen LogP) is 0.481. The molecule has 3 N–H and O–H groups in total. The summed E-state index contributed by atoms with van der Waals surface area (Å²) in [5.74, 6) is 0.985. The number of methoxy groups -OCH3 is 2. The van der Waals surface area contributed by atoms with Crippen molar-refractivity contribution in [3.05, 3.63) is 17.8 Å². The Morgan fingerprint density at radius 3 is 2.73 bits per heavy atom. The first-order chi connectivity index (χ1) is 7.22. The van der Waals surface area contributed by atoms with Crippen LogP contribution >= 0.6 is 0 Å². The molecular formula is C10H16N2O3. The standard InChI is InChI=1S/C10H16N2O3/c1-14-9-6-12-10(15-2)5-7(9)8(13)3-4-11/h5-6,8,13H,3-4,11H2,1-2H3/t8-/m0/s1. The highest BCUT2D eigenvalue weighted by Crippen LogP contribution is 2.28. The fourth-order valence-electron chi connectivity index (χ4n) is 1.29. The minimum absolute atomic E-state index is 0.412. The van der Waals surface area contributed by atoms with Crippen molar-refractivity contribution in [1.82, 2.24) is 4.98 Å². The first-order valence-electron chi connectivity index (χ1n) is 4.69. The van der Waals surface area contributed by atoms with E-state index in [0.717, 1.165) is 0 Å². The van der Waals surface area contributed by atoms with E-state index in [0.29, 0.717) is 30.2 Å². The van der Waals surface area contributed by atoms with Gasteiger partial charge in [0, 0.05) is 11.6 Å². The number of nitrogens with two attached hydrogens (primary N) is 1. The Morgan fingerprint density at radius 2 is 2.20 bits per heavy atom. The molecule has 84 valence electrons. The van der Waals surface area contributed by atoms with Crippen molar-refractivity contribution in [2.75, 3.05) is 20.8 Å². The van der Waals surface area contributed by atoms with Gasteiger partial charge in [-0.25, -0.2) is 4.98 Å². The molecular weight excluding hydrogens is 196 g/mol. The van der Waals surface area contributed by atoms with Crippen LogP contribution in [0.2, 0.25) is 0 Å². The van der Waals surface area contributed by atoms with Crippen LogP contribution in [0.25, 0.3) is 0 Å². The second-order valence-electron chi connectivity index (χ2n) is 3.06. The van der Waals surface area contributed by atoms with E-state index in [1.165, 1.54) is 20.4 Å². The van der Waals surface area contributed by atoms with Gasteiger partial charge in [-0.15, -0.1) is 0 Å². The van der Waals surface area contributed by atoms with E-state index in [-0.39, 0.29) is 0 Å². The largest absolute Gasteiger partial charge is 0.495 e. The molecule has 0 aliphatic heterocycles. The van der Waals surface area contributed by atoms with Crippen molar-refractivity contribution >= 4 is 0 Å². The molecule has 0 saturated heterocycles. The lowest BCUT2D eigenvalue weighted by molar-refractivity contribution is 0.165. The van der Waals surface area contributed by atoms with Crippen LogP contribution in [0.1, 0.15) is 18.1 Å². The predicted molar refractivity (Wildman–Crippen MR) is 56.0 cm³/mol. The van der Waals surface area contributed by atoms with E-state index < -0.39 is 6.10 Å². The molecule has 0 radical (unpaired) electrons. The zero-order valence-corrected chi connectivity index (χ0v) is 8.93. The van der Waals surface area contributed by atoms with Crippen molar-refractivity contribution in [3.8, 4) is 11.6 Å². The van der Waals surface area contributed by atoms with E-state index in [1.54, 1.807) is 6.07 Å². The first-order valence-corrected chi connectivity index (χ1v) is 4.69. The third-order valence-electron chi connectivity index (χ3n) is 2.10. The van der Waals surface area contributed by atoms with Crippen LogP contribution in [0.5, 0.6) is 11.6 Å². The Morgan fingerprint density at radius 1 is 1.47 bits per heavy atom. The van der Waals surface area contributed by atoms with Gasteiger partial charge in [-0.1, -0.05) is 0 Å². The maximum Gasteiger partial charge on any atom is 0.213 e. The minimum atomic E-state index is -0.651. The lowest BCUT2D eigenvalue weighted by atomic mass is 10.1. The molecule has 1 aromatic rings. The lowest BCUT2D eigenvalue weighted by Gasteiger charge is -2.14. The molecule has 0 saturated carbocycles. The summed E-state index contributed by atoms with van der Waals surface area (Å²) in [6.07, 6.45) is 1.35. The van der Waals surface area contributed by atoms with Crippen LogP contribution in [0.4, 0.5) is 0 Å². The first kappa shape index (κ1) is 11.7. The summed E-state index contributed by atoms with van der Waals surface area (Å²) < 4.78 is 10.1. The van der Waals surface area contributed by atoms with Crippen molar-refractivity contribution < 1.29 is 14.6 Å². The molecule has 5 nitrogen and oxygen atoms in total. The average molecular weight is 212 g/mol. The van der Waals surface area contributed by atoms with E-state index in [2.05, 4.69) is 4.98 Å². The maximum atomic E-state index is 9.81. The average Bonchev–Trinajstić information content (AvgIpc) is 2.28. The second kappa shape index (κ2) is 5.53. The third-order valence-corrected chi connectivity index (χ3v) is 2.10. The second-order valence-corrected chi connectivity index (χ2v) is 3.06. The molecule has 0 spiro atoms. The van der Waals surface area contributed by atoms with Gasteiger partial charge in [-0.05, 0) is 13.0 Å². The summed E-state index contributed by atoms with van der Waals surface area (Å²) in [6, 6.07) is 1.65. The highest BCUT2D eigenvalue weighted by Gasteiger charge is 2.14. The topological polar surface area (TPSA) is 77.6 Å². The molecule has 0 aromatic carbocycles. The van der Waals surface area contributed by atoms with Crippen LogP contribution in [0.3, 0.4) is 0 Å². The molecule has 0 bridgehead atoms. The zero-order chi connectivity index (χ0) is 11.3. The van der Waals surface area contributed by atoms with Crippen LogP contribution in [-0.2, 0) is 0 Å². The molecule has 0 amide bonds. The van der Waals surface area contributed by atoms with Gasteiger partial charge >= 0.3 is 0 Å². The lowest BCUT2D eigenvalue weighted by Crippen LogP contribution is -2.08. The number of pyridine rings is 1. The number of rotatable bonds is 5. The van der Waals surface area contributed by atoms with Crippen molar-refractivity contribution in [3.63, 3.8) is 0 Å². The number of aliphatic hydroxyl groups excluding tert-OH is 1. The number of aliphatic hydroxyl groups is 1. The summed E-state index contributed by atoms with van der Waals surface area (Å²) in [7, 11) is 3.05. The van der Waals surface area contributed by atoms with E-state index in [4.69, 9.17) is 15.2 Å². The van der Waals surface area contributed by atoms with Gasteiger partial charge in [0.1, 0.15) is 5.75 Å². The van der Waals surface area contributed by atoms with Gasteiger partial charge in [-0.2, -0.15) is 0 Å². The van der Waals surface area contributed by atoms with Gasteiger partial charge < -0.3 is 20.3 Å². The third kappa shape index (κ3) is 2.81. The van der Waals surface area contributed by atoms with Crippen molar-refractivity contribution in [2.45, 2.75) is 12.5 Å². The summed E-state index contributed by atoms with van der Waals surface area (Å²) in [6.45, 7) is 0.412. The van der Waals surface area contributed by atoms with Crippen LogP contribution in [0.15, 0.2) is 12.3 Å². The Hall–Kier alpha value is -1.33. The van der Waals surface area contributed by atoms with E-state index in [1.807, 2.05) is 0 Å². The monoisotopic (exact) mass is 212 g/mol. The molecule has 1 heterocycles. The Balaban J connectivity index is 3.00. The van der Waals surface area contributed by atoms with Gasteiger partial charge in [0.15, 0.2) is 0 Å². The van der Waals surface area contributed by atoms with E-state index in [9.17, 15) is 5.11 Å². The Bertz CT molecular complexity index is 318. The fourth-order valence-corrected chi connectivity index (χ4v) is 1.29. The molecule has 0 aliphatic rings. The molecule has 1 aromatic heterocycles. The Labute approximate surface area is 88.8 Å². The summed E-state index contributed by atoms with van der Waals surface area (Å²) >= 11 is 0. The normalized spacial score (nSPS) is 12.3. The molecule has 5 heteroatoms. The smallest absolute Gasteiger partial charge is 0.213 e. The SMILES string of the molecule is COc1cc([C@@H](O)CCN)c(OC)cn1. The van der Waals surface area contributed by atoms with Gasteiger partial charge in [-0.3, -0.25) is 0 Å². The maximum absolute atomic E-state index is 9.81. The molecule has 1 rings (SSSR count). The minimum Gasteiger partial charge on any atom is -0.495 e. The Kier molecular flexibility index (Phi) is 4.33. The number of hydrogen-bond donors (Lipinski definition) is 2. The van der Waals surface area contributed by atoms with Crippen LogP contribution in [0, 0.1) is 0 Å². The van der Waals surface area contributed by atoms with Gasteiger partial charge in [0.2, 0.25) is 5.88 Å². The fraction of sp³-hybridized carbons (Fsp3) is 0.500. The number of ether oxygens (including phenoxy) is 2. The number of hydrogen-bond acceptors (Lipinski definition) is 5. The zero-order valence-electron chi connectivity index (χ0n) is 8.93. The van der Waals surface area contributed by atoms with Crippen LogP contribution < -0.4 is 15.2 Å². The number of nitrogens with zero attached hydrogens (tertiary/aromatic N) is 1. The molecule has 1 atom stereocenters. The molecule has 0 unspecified atom stereocenters. The van der Waals surface area contributed by atoms with Crippen LogP contribution in [-0.4, -0.2) is 30.9 Å². The molecule has 0 fully saturated rings. The highest BCUT2D eigenvalue weighted by atomic mass is 16.5. The number of aromatic nitrogens is 1. The van der Waals surface area contributed by atoms with Gasteiger partial charge in [0.25, 0.3) is 0 Å². The summed E-state index contributed by atoms with van der Waals surface area (Å²) in [5, 5.41) is 9.81. The highest BCUT2D eigenvalue weighted by molar-refractivity contribution is 5.36.